The summed E-state index contributed by atoms with van der Waals surface area (Å²) in [6, 6.07) is 0. The van der Waals surface area contributed by atoms with Gasteiger partial charge in [0.2, 0.25) is 0 Å². The largest absolute Gasteiger partial charge is 0.422 e. The van der Waals surface area contributed by atoms with Crippen LogP contribution in [0.5, 0.6) is 0 Å². The van der Waals surface area contributed by atoms with Gasteiger partial charge in [-0.05, 0) is 55.8 Å². The molecule has 0 aromatic rings. The number of thiol groups is 3. The SMILES string of the molecule is [SiH3]OC(CCCS)(CCCS)CCCS. The fourth-order valence-corrected chi connectivity index (χ4v) is 2.97. The predicted octanol–water partition coefficient (Wildman–Crippen LogP) is 2.15. The maximum Gasteiger partial charge on any atom is 0.146 e. The lowest BCUT2D eigenvalue weighted by Crippen LogP contribution is -2.32. The first-order valence-corrected chi connectivity index (χ1v) is 8.34. The molecule has 0 aromatic carbocycles. The molecule has 5 heteroatoms. The van der Waals surface area contributed by atoms with Crippen LogP contribution < -0.4 is 0 Å². The molecule has 92 valence electrons. The van der Waals surface area contributed by atoms with Gasteiger partial charge in [-0.1, -0.05) is 0 Å². The van der Waals surface area contributed by atoms with Gasteiger partial charge < -0.3 is 4.43 Å². The molecule has 0 spiro atoms. The summed E-state index contributed by atoms with van der Waals surface area (Å²) < 4.78 is 5.88. The van der Waals surface area contributed by atoms with Gasteiger partial charge in [-0.25, -0.2) is 0 Å². The summed E-state index contributed by atoms with van der Waals surface area (Å²) >= 11 is 12.8. The molecule has 0 aromatic heterocycles. The van der Waals surface area contributed by atoms with Gasteiger partial charge in [-0.15, -0.1) is 0 Å². The standard InChI is InChI=1S/C10H24OS3Si/c12-7-1-4-10(11-15,5-2-8-13)6-3-9-14/h12-14H,1-9H2,15H3. The van der Waals surface area contributed by atoms with Crippen molar-refractivity contribution in [3.8, 4) is 0 Å². The summed E-state index contributed by atoms with van der Waals surface area (Å²) in [7, 11) is 0.822. The Balaban J connectivity index is 4.16. The van der Waals surface area contributed by atoms with Crippen LogP contribution in [-0.2, 0) is 4.43 Å². The molecule has 0 amide bonds. The van der Waals surface area contributed by atoms with Crippen LogP contribution >= 0.6 is 37.9 Å². The van der Waals surface area contributed by atoms with Crippen molar-refractivity contribution in [2.75, 3.05) is 17.3 Å². The highest BCUT2D eigenvalue weighted by atomic mass is 32.1. The molecule has 0 saturated carbocycles. The molecule has 0 unspecified atom stereocenters. The van der Waals surface area contributed by atoms with E-state index in [2.05, 4.69) is 37.9 Å². The molecule has 0 atom stereocenters. The second kappa shape index (κ2) is 10.4. The Morgan fingerprint density at radius 3 is 1.33 bits per heavy atom. The van der Waals surface area contributed by atoms with Crippen molar-refractivity contribution < 1.29 is 4.43 Å². The van der Waals surface area contributed by atoms with Crippen molar-refractivity contribution in [2.45, 2.75) is 44.1 Å². The summed E-state index contributed by atoms with van der Waals surface area (Å²) in [6.07, 6.45) is 6.85. The molecule has 0 aliphatic rings. The van der Waals surface area contributed by atoms with E-state index in [1.165, 1.54) is 0 Å². The highest BCUT2D eigenvalue weighted by Gasteiger charge is 2.26. The predicted molar refractivity (Wildman–Crippen MR) is 83.0 cm³/mol. The summed E-state index contributed by atoms with van der Waals surface area (Å²) in [5, 5.41) is 0. The zero-order chi connectivity index (χ0) is 11.6. The van der Waals surface area contributed by atoms with E-state index in [1.807, 2.05) is 0 Å². The summed E-state index contributed by atoms with van der Waals surface area (Å²) in [6.45, 7) is 0. The Morgan fingerprint density at radius 1 is 0.800 bits per heavy atom. The smallest absolute Gasteiger partial charge is 0.146 e. The van der Waals surface area contributed by atoms with E-state index in [-0.39, 0.29) is 5.60 Å². The molecule has 0 aliphatic heterocycles. The number of hydrogen-bond acceptors (Lipinski definition) is 4. The Labute approximate surface area is 114 Å². The zero-order valence-electron chi connectivity index (χ0n) is 9.61. The Morgan fingerprint density at radius 2 is 1.13 bits per heavy atom. The maximum atomic E-state index is 5.88. The third-order valence-electron chi connectivity index (χ3n) is 2.80. The maximum absolute atomic E-state index is 5.88. The first-order valence-electron chi connectivity index (χ1n) is 5.62. The van der Waals surface area contributed by atoms with Gasteiger partial charge >= 0.3 is 0 Å². The highest BCUT2D eigenvalue weighted by molar-refractivity contribution is 7.80. The van der Waals surface area contributed by atoms with Crippen LogP contribution in [0, 0.1) is 0 Å². The molecular formula is C10H24OS3Si. The van der Waals surface area contributed by atoms with Crippen LogP contribution in [0.15, 0.2) is 0 Å². The third-order valence-corrected chi connectivity index (χ3v) is 4.62. The lowest BCUT2D eigenvalue weighted by Gasteiger charge is -2.33. The number of hydrogen-bond donors (Lipinski definition) is 3. The van der Waals surface area contributed by atoms with Gasteiger partial charge in [0.05, 0.1) is 5.60 Å². The Kier molecular flexibility index (Phi) is 11.2. The molecule has 15 heavy (non-hydrogen) atoms. The lowest BCUT2D eigenvalue weighted by molar-refractivity contribution is 0.0494. The molecule has 0 radical (unpaired) electrons. The Bertz CT molecular complexity index is 125. The minimum Gasteiger partial charge on any atom is -0.422 e. The minimum absolute atomic E-state index is 0.112. The van der Waals surface area contributed by atoms with Gasteiger partial charge in [-0.3, -0.25) is 0 Å². The van der Waals surface area contributed by atoms with Gasteiger partial charge in [0.25, 0.3) is 0 Å². The average Bonchev–Trinajstić information content (AvgIpc) is 2.29. The molecule has 1 nitrogen and oxygen atoms in total. The first-order chi connectivity index (χ1) is 7.24. The second-order valence-electron chi connectivity index (χ2n) is 3.87. The first kappa shape index (κ1) is 16.2. The van der Waals surface area contributed by atoms with Crippen molar-refractivity contribution in [1.82, 2.24) is 0 Å². The van der Waals surface area contributed by atoms with E-state index in [0.717, 1.165) is 66.3 Å². The van der Waals surface area contributed by atoms with Gasteiger partial charge in [0.1, 0.15) is 10.5 Å². The monoisotopic (exact) mass is 284 g/mol. The topological polar surface area (TPSA) is 9.23 Å². The average molecular weight is 285 g/mol. The van der Waals surface area contributed by atoms with Gasteiger partial charge in [-0.2, -0.15) is 37.9 Å². The quantitative estimate of drug-likeness (QED) is 0.412. The van der Waals surface area contributed by atoms with Crippen LogP contribution in [0.2, 0.25) is 0 Å². The van der Waals surface area contributed by atoms with Crippen LogP contribution in [0.25, 0.3) is 0 Å². The van der Waals surface area contributed by atoms with E-state index in [4.69, 9.17) is 4.43 Å². The second-order valence-corrected chi connectivity index (χ2v) is 5.62. The molecular weight excluding hydrogens is 260 g/mol. The minimum atomic E-state index is 0.112. The summed E-state index contributed by atoms with van der Waals surface area (Å²) in [5.41, 5.74) is 0.112. The molecule has 0 bridgehead atoms. The van der Waals surface area contributed by atoms with Gasteiger partial charge in [0, 0.05) is 0 Å². The zero-order valence-corrected chi connectivity index (χ0v) is 14.3. The Hall–Kier alpha value is 1.23. The van der Waals surface area contributed by atoms with Crippen LogP contribution in [0.3, 0.4) is 0 Å². The van der Waals surface area contributed by atoms with Crippen molar-refractivity contribution in [3.05, 3.63) is 0 Å². The van der Waals surface area contributed by atoms with Crippen molar-refractivity contribution in [2.24, 2.45) is 0 Å². The molecule has 0 aliphatic carbocycles. The van der Waals surface area contributed by atoms with E-state index in [1.54, 1.807) is 0 Å². The third kappa shape index (κ3) is 7.21. The fraction of sp³-hybridized carbons (Fsp3) is 1.00. The van der Waals surface area contributed by atoms with E-state index < -0.39 is 0 Å². The van der Waals surface area contributed by atoms with Crippen LogP contribution in [-0.4, -0.2) is 33.3 Å². The summed E-state index contributed by atoms with van der Waals surface area (Å²) in [4.78, 5) is 0. The van der Waals surface area contributed by atoms with E-state index >= 15 is 0 Å². The van der Waals surface area contributed by atoms with Crippen molar-refractivity contribution in [3.63, 3.8) is 0 Å². The molecule has 0 rings (SSSR count). The normalized spacial score (nSPS) is 12.2. The van der Waals surface area contributed by atoms with Crippen molar-refractivity contribution >= 4 is 48.4 Å². The molecule has 0 heterocycles. The summed E-state index contributed by atoms with van der Waals surface area (Å²) in [5.74, 6) is 2.86. The highest BCUT2D eigenvalue weighted by Crippen LogP contribution is 2.29. The van der Waals surface area contributed by atoms with Crippen LogP contribution in [0.4, 0.5) is 0 Å². The van der Waals surface area contributed by atoms with Crippen molar-refractivity contribution in [1.29, 1.82) is 0 Å². The molecule has 0 fully saturated rings. The fourth-order valence-electron chi connectivity index (χ4n) is 1.88. The van der Waals surface area contributed by atoms with Gasteiger partial charge in [0.15, 0.2) is 0 Å². The molecule has 0 N–H and O–H groups in total. The number of rotatable bonds is 10. The lowest BCUT2D eigenvalue weighted by atomic mass is 9.88. The van der Waals surface area contributed by atoms with E-state index in [0.29, 0.717) is 0 Å². The molecule has 0 saturated heterocycles. The van der Waals surface area contributed by atoms with Crippen LogP contribution in [0.1, 0.15) is 38.5 Å². The van der Waals surface area contributed by atoms with E-state index in [9.17, 15) is 0 Å².